The molecule has 0 saturated carbocycles. The number of halogens is 3. The van der Waals surface area contributed by atoms with Gasteiger partial charge in [-0.2, -0.15) is 0 Å². The van der Waals surface area contributed by atoms with Crippen LogP contribution in [0.1, 0.15) is 22.6 Å². The predicted octanol–water partition coefficient (Wildman–Crippen LogP) is 5.43. The van der Waals surface area contributed by atoms with Gasteiger partial charge in [0.2, 0.25) is 0 Å². The molecule has 1 atom stereocenters. The zero-order valence-electron chi connectivity index (χ0n) is 12.6. The Kier molecular flexibility index (Phi) is 4.77. The topological polar surface area (TPSA) is 46.5 Å². The molecule has 1 N–H and O–H groups in total. The number of esters is 1. The average Bonchev–Trinajstić information content (AvgIpc) is 2.82. The lowest BCUT2D eigenvalue weighted by atomic mass is 9.89. The number of fused-ring (bicyclic) bond motifs is 1. The van der Waals surface area contributed by atoms with Crippen molar-refractivity contribution in [3.63, 3.8) is 0 Å². The maximum absolute atomic E-state index is 12.2. The maximum Gasteiger partial charge on any atom is 0.338 e. The summed E-state index contributed by atoms with van der Waals surface area (Å²) in [7, 11) is 1.29. The maximum atomic E-state index is 12.2. The molecule has 0 heterocycles. The van der Waals surface area contributed by atoms with E-state index in [1.54, 1.807) is 24.3 Å². The molecule has 0 bridgehead atoms. The predicted molar refractivity (Wildman–Crippen MR) is 95.9 cm³/mol. The number of aliphatic hydroxyl groups excluding tert-OH is 1. The Morgan fingerprint density at radius 1 is 1.12 bits per heavy atom. The molecular weight excluding hydrogens is 371 g/mol. The van der Waals surface area contributed by atoms with E-state index in [2.05, 4.69) is 0 Å². The number of carbonyl (C=O) groups excluding carboxylic acids is 1. The zero-order valence-corrected chi connectivity index (χ0v) is 14.9. The number of methoxy groups -OCH3 is 1. The first-order valence-corrected chi connectivity index (χ1v) is 8.31. The van der Waals surface area contributed by atoms with Crippen molar-refractivity contribution in [2.45, 2.75) is 12.3 Å². The Hall–Kier alpha value is -1.68. The van der Waals surface area contributed by atoms with Crippen LogP contribution in [0.4, 0.5) is 0 Å². The molecular formula is C18H13Cl3O3. The van der Waals surface area contributed by atoms with Gasteiger partial charge in [-0.1, -0.05) is 46.9 Å². The fourth-order valence-electron chi connectivity index (χ4n) is 2.97. The Balaban J connectivity index is 2.07. The van der Waals surface area contributed by atoms with Crippen molar-refractivity contribution in [3.8, 4) is 0 Å². The van der Waals surface area contributed by atoms with Crippen molar-refractivity contribution in [2.75, 3.05) is 7.11 Å². The van der Waals surface area contributed by atoms with E-state index in [1.165, 1.54) is 7.11 Å². The first-order valence-electron chi connectivity index (χ1n) is 7.17. The van der Waals surface area contributed by atoms with Crippen molar-refractivity contribution in [3.05, 3.63) is 73.7 Å². The van der Waals surface area contributed by atoms with Gasteiger partial charge in [-0.25, -0.2) is 4.79 Å². The van der Waals surface area contributed by atoms with E-state index in [0.29, 0.717) is 27.1 Å². The summed E-state index contributed by atoms with van der Waals surface area (Å²) in [6.45, 7) is 0. The summed E-state index contributed by atoms with van der Waals surface area (Å²) in [5, 5.41) is 11.9. The SMILES string of the molecule is COC(=O)C1=C(O)c2cc(Cl)ccc2C1Cc1ccc(Cl)c(Cl)c1. The van der Waals surface area contributed by atoms with Gasteiger partial charge in [0, 0.05) is 16.5 Å². The van der Waals surface area contributed by atoms with Crippen molar-refractivity contribution < 1.29 is 14.6 Å². The second-order valence-corrected chi connectivity index (χ2v) is 6.74. The van der Waals surface area contributed by atoms with Crippen LogP contribution in [0.25, 0.3) is 5.76 Å². The molecule has 1 aliphatic carbocycles. The standard InChI is InChI=1S/C18H13Cl3O3/c1-24-18(23)16-12(6-9-2-5-14(20)15(21)7-9)11-4-3-10(19)8-13(11)17(16)22/h2-5,7-8,12,22H,6H2,1H3. The van der Waals surface area contributed by atoms with Gasteiger partial charge in [0.1, 0.15) is 5.76 Å². The molecule has 0 aliphatic heterocycles. The number of carbonyl (C=O) groups is 1. The fraction of sp³-hybridized carbons (Fsp3) is 0.167. The highest BCUT2D eigenvalue weighted by Crippen LogP contribution is 2.44. The molecule has 0 spiro atoms. The minimum Gasteiger partial charge on any atom is -0.507 e. The van der Waals surface area contributed by atoms with Crippen molar-refractivity contribution in [2.24, 2.45) is 0 Å². The molecule has 3 rings (SSSR count). The second-order valence-electron chi connectivity index (χ2n) is 5.49. The molecule has 0 fully saturated rings. The Morgan fingerprint density at radius 3 is 2.54 bits per heavy atom. The number of aliphatic hydroxyl groups is 1. The highest BCUT2D eigenvalue weighted by molar-refractivity contribution is 6.42. The van der Waals surface area contributed by atoms with E-state index in [9.17, 15) is 9.90 Å². The first-order chi connectivity index (χ1) is 11.4. The molecule has 0 amide bonds. The smallest absolute Gasteiger partial charge is 0.338 e. The third-order valence-corrected chi connectivity index (χ3v) is 5.05. The van der Waals surface area contributed by atoms with Crippen LogP contribution in [0, 0.1) is 0 Å². The summed E-state index contributed by atoms with van der Waals surface area (Å²) in [4.78, 5) is 12.2. The van der Waals surface area contributed by atoms with Crippen LogP contribution < -0.4 is 0 Å². The molecule has 2 aromatic rings. The number of hydrogen-bond acceptors (Lipinski definition) is 3. The van der Waals surface area contributed by atoms with Crippen LogP contribution in [0.2, 0.25) is 15.1 Å². The third kappa shape index (κ3) is 3.00. The van der Waals surface area contributed by atoms with Crippen molar-refractivity contribution >= 4 is 46.5 Å². The minimum absolute atomic E-state index is 0.0931. The summed E-state index contributed by atoms with van der Waals surface area (Å²) in [6, 6.07) is 10.5. The van der Waals surface area contributed by atoms with Crippen LogP contribution in [-0.4, -0.2) is 18.2 Å². The monoisotopic (exact) mass is 382 g/mol. The van der Waals surface area contributed by atoms with Gasteiger partial charge in [-0.05, 0) is 41.8 Å². The molecule has 0 aromatic heterocycles. The van der Waals surface area contributed by atoms with E-state index >= 15 is 0 Å². The number of ether oxygens (including phenoxy) is 1. The van der Waals surface area contributed by atoms with E-state index < -0.39 is 5.97 Å². The van der Waals surface area contributed by atoms with Crippen LogP contribution in [0.15, 0.2) is 42.0 Å². The van der Waals surface area contributed by atoms with Gasteiger partial charge < -0.3 is 9.84 Å². The molecule has 1 aliphatic rings. The highest BCUT2D eigenvalue weighted by Gasteiger charge is 2.36. The Bertz CT molecular complexity index is 859. The first kappa shape index (κ1) is 17.2. The van der Waals surface area contributed by atoms with Crippen LogP contribution in [0.5, 0.6) is 0 Å². The molecule has 124 valence electrons. The van der Waals surface area contributed by atoms with Gasteiger partial charge in [0.05, 0.1) is 22.7 Å². The van der Waals surface area contributed by atoms with E-state index in [4.69, 9.17) is 39.5 Å². The van der Waals surface area contributed by atoms with Crippen molar-refractivity contribution in [1.29, 1.82) is 0 Å². The molecule has 6 heteroatoms. The largest absolute Gasteiger partial charge is 0.507 e. The molecule has 0 radical (unpaired) electrons. The summed E-state index contributed by atoms with van der Waals surface area (Å²) < 4.78 is 4.84. The van der Waals surface area contributed by atoms with Gasteiger partial charge >= 0.3 is 5.97 Å². The van der Waals surface area contributed by atoms with Gasteiger partial charge in [0.15, 0.2) is 0 Å². The van der Waals surface area contributed by atoms with Gasteiger partial charge in [-0.15, -0.1) is 0 Å². The second kappa shape index (κ2) is 6.67. The van der Waals surface area contributed by atoms with E-state index in [0.717, 1.165) is 11.1 Å². The average molecular weight is 384 g/mol. The van der Waals surface area contributed by atoms with Crippen LogP contribution in [0.3, 0.4) is 0 Å². The number of benzene rings is 2. The normalized spacial score (nSPS) is 16.2. The Morgan fingerprint density at radius 2 is 1.88 bits per heavy atom. The summed E-state index contributed by atoms with van der Waals surface area (Å²) in [5.41, 5.74) is 2.49. The fourth-order valence-corrected chi connectivity index (χ4v) is 3.46. The third-order valence-electron chi connectivity index (χ3n) is 4.08. The van der Waals surface area contributed by atoms with Gasteiger partial charge in [-0.3, -0.25) is 0 Å². The summed E-state index contributed by atoms with van der Waals surface area (Å²) >= 11 is 18.0. The van der Waals surface area contributed by atoms with E-state index in [1.807, 2.05) is 12.1 Å². The highest BCUT2D eigenvalue weighted by atomic mass is 35.5. The molecule has 2 aromatic carbocycles. The summed E-state index contributed by atoms with van der Waals surface area (Å²) in [5.74, 6) is -1.00. The molecule has 24 heavy (non-hydrogen) atoms. The lowest BCUT2D eigenvalue weighted by Gasteiger charge is -2.15. The molecule has 0 saturated heterocycles. The number of hydrogen-bond donors (Lipinski definition) is 1. The number of rotatable bonds is 3. The Labute approximate surface area is 154 Å². The van der Waals surface area contributed by atoms with Crippen LogP contribution >= 0.6 is 34.8 Å². The van der Waals surface area contributed by atoms with Gasteiger partial charge in [0.25, 0.3) is 0 Å². The molecule has 3 nitrogen and oxygen atoms in total. The summed E-state index contributed by atoms with van der Waals surface area (Å²) in [6.07, 6.45) is 0.472. The van der Waals surface area contributed by atoms with E-state index in [-0.39, 0.29) is 17.3 Å². The zero-order chi connectivity index (χ0) is 17.4. The quantitative estimate of drug-likeness (QED) is 0.719. The molecule has 1 unspecified atom stereocenters. The minimum atomic E-state index is -0.565. The lowest BCUT2D eigenvalue weighted by molar-refractivity contribution is -0.136. The lowest BCUT2D eigenvalue weighted by Crippen LogP contribution is -2.13. The van der Waals surface area contributed by atoms with Crippen LogP contribution in [-0.2, 0) is 16.0 Å². The van der Waals surface area contributed by atoms with Crippen molar-refractivity contribution in [1.82, 2.24) is 0 Å².